The normalized spacial score (nSPS) is 10.9. The zero-order chi connectivity index (χ0) is 21.6. The van der Waals surface area contributed by atoms with Crippen LogP contribution in [0.15, 0.2) is 49.1 Å². The lowest BCUT2D eigenvalue weighted by molar-refractivity contribution is 0.0949. The molecule has 4 aromatic rings. The Hall–Kier alpha value is -3.95. The minimum Gasteiger partial charge on any atom is -0.479 e. The molecule has 0 bridgehead atoms. The highest BCUT2D eigenvalue weighted by atomic mass is 16.5. The number of fused-ring (bicyclic) bond motifs is 1. The van der Waals surface area contributed by atoms with E-state index in [-0.39, 0.29) is 5.91 Å². The molecule has 0 atom stereocenters. The van der Waals surface area contributed by atoms with Crippen molar-refractivity contribution in [2.75, 3.05) is 25.5 Å². The second-order valence-corrected chi connectivity index (χ2v) is 6.97. The number of rotatable bonds is 9. The fraction of sp³-hybridized carbons (Fsp3) is 0.286. The molecule has 0 fully saturated rings. The van der Waals surface area contributed by atoms with Crippen LogP contribution in [-0.2, 0) is 20.0 Å². The van der Waals surface area contributed by atoms with E-state index in [0.717, 1.165) is 24.2 Å². The highest BCUT2D eigenvalue weighted by Crippen LogP contribution is 2.18. The van der Waals surface area contributed by atoms with Crippen molar-refractivity contribution in [1.82, 2.24) is 34.8 Å². The van der Waals surface area contributed by atoms with E-state index in [0.29, 0.717) is 30.2 Å². The summed E-state index contributed by atoms with van der Waals surface area (Å²) in [5.41, 5.74) is 2.37. The fourth-order valence-corrected chi connectivity index (χ4v) is 3.31. The van der Waals surface area contributed by atoms with Crippen LogP contribution in [0.3, 0.4) is 0 Å². The van der Waals surface area contributed by atoms with E-state index < -0.39 is 0 Å². The van der Waals surface area contributed by atoms with Gasteiger partial charge in [0.05, 0.1) is 25.2 Å². The Bertz CT molecular complexity index is 1170. The molecule has 4 rings (SSSR count). The molecule has 0 spiro atoms. The van der Waals surface area contributed by atoms with Crippen molar-refractivity contribution >= 4 is 22.8 Å². The second kappa shape index (κ2) is 9.24. The van der Waals surface area contributed by atoms with E-state index in [1.54, 1.807) is 24.1 Å². The van der Waals surface area contributed by atoms with E-state index in [9.17, 15) is 4.79 Å². The number of anilines is 1. The number of amides is 1. The minimum atomic E-state index is -0.251. The second-order valence-electron chi connectivity index (χ2n) is 6.97. The Morgan fingerprint density at radius 1 is 1.16 bits per heavy atom. The van der Waals surface area contributed by atoms with Crippen LogP contribution in [0.4, 0.5) is 5.82 Å². The number of hydrogen-bond acceptors (Lipinski definition) is 7. The number of benzene rings is 1. The molecule has 0 aliphatic rings. The number of nitrogens with one attached hydrogen (secondary N) is 2. The Labute approximate surface area is 179 Å². The Morgan fingerprint density at radius 2 is 2.00 bits per heavy atom. The molecule has 0 unspecified atom stereocenters. The maximum absolute atomic E-state index is 12.4. The summed E-state index contributed by atoms with van der Waals surface area (Å²) < 4.78 is 8.43. The van der Waals surface area contributed by atoms with Gasteiger partial charge in [0.1, 0.15) is 17.7 Å². The molecule has 3 heterocycles. The number of carbonyl (C=O) groups is 1. The maximum Gasteiger partial charge on any atom is 0.258 e. The molecular formula is C21H24N8O2. The zero-order valence-corrected chi connectivity index (χ0v) is 17.4. The molecule has 0 saturated carbocycles. The van der Waals surface area contributed by atoms with Crippen molar-refractivity contribution in [3.8, 4) is 5.88 Å². The van der Waals surface area contributed by atoms with E-state index in [2.05, 4.69) is 42.9 Å². The van der Waals surface area contributed by atoms with Crippen LogP contribution in [-0.4, -0.2) is 55.6 Å². The summed E-state index contributed by atoms with van der Waals surface area (Å²) in [4.78, 5) is 21.1. The van der Waals surface area contributed by atoms with Crippen molar-refractivity contribution in [3.05, 3.63) is 60.2 Å². The lowest BCUT2D eigenvalue weighted by Crippen LogP contribution is -2.27. The number of aryl methyl sites for hydroxylation is 1. The maximum atomic E-state index is 12.4. The zero-order valence-electron chi connectivity index (χ0n) is 17.4. The monoisotopic (exact) mass is 420 g/mol. The lowest BCUT2D eigenvalue weighted by atomic mass is 10.1. The summed E-state index contributed by atoms with van der Waals surface area (Å²) in [6.07, 6.45) is 5.78. The molecule has 10 heteroatoms. The summed E-state index contributed by atoms with van der Waals surface area (Å²) in [7, 11) is 3.22. The number of nitrogens with zero attached hydrogens (tertiary/aromatic N) is 6. The van der Waals surface area contributed by atoms with Gasteiger partial charge in [-0.2, -0.15) is 5.10 Å². The van der Waals surface area contributed by atoms with Crippen LogP contribution >= 0.6 is 0 Å². The predicted molar refractivity (Wildman–Crippen MR) is 116 cm³/mol. The molecule has 0 radical (unpaired) electrons. The smallest absolute Gasteiger partial charge is 0.258 e. The van der Waals surface area contributed by atoms with Gasteiger partial charge < -0.3 is 15.4 Å². The van der Waals surface area contributed by atoms with Crippen LogP contribution in [0.25, 0.3) is 11.0 Å². The number of aromatic nitrogens is 6. The molecule has 10 nitrogen and oxygen atoms in total. The lowest BCUT2D eigenvalue weighted by Gasteiger charge is -2.08. The molecule has 160 valence electrons. The minimum absolute atomic E-state index is 0.251. The van der Waals surface area contributed by atoms with Crippen LogP contribution in [0, 0.1) is 0 Å². The van der Waals surface area contributed by atoms with Crippen molar-refractivity contribution in [2.24, 2.45) is 7.05 Å². The first kappa shape index (κ1) is 20.3. The van der Waals surface area contributed by atoms with E-state index in [1.807, 2.05) is 18.2 Å². The van der Waals surface area contributed by atoms with Crippen LogP contribution in [0.5, 0.6) is 5.88 Å². The van der Waals surface area contributed by atoms with Crippen molar-refractivity contribution in [2.45, 2.75) is 13.0 Å². The fourth-order valence-electron chi connectivity index (χ4n) is 3.31. The summed E-state index contributed by atoms with van der Waals surface area (Å²) in [6, 6.07) is 10.3. The molecule has 1 aromatic carbocycles. The Kier molecular flexibility index (Phi) is 6.06. The number of hydrogen-bond donors (Lipinski definition) is 2. The highest BCUT2D eigenvalue weighted by Gasteiger charge is 2.16. The van der Waals surface area contributed by atoms with Crippen molar-refractivity contribution in [1.29, 1.82) is 0 Å². The van der Waals surface area contributed by atoms with E-state index in [1.165, 1.54) is 23.7 Å². The van der Waals surface area contributed by atoms with Gasteiger partial charge in [0.25, 0.3) is 5.91 Å². The largest absolute Gasteiger partial charge is 0.479 e. The first-order chi connectivity index (χ1) is 15.2. The quantitative estimate of drug-likeness (QED) is 0.423. The topological polar surface area (TPSA) is 112 Å². The summed E-state index contributed by atoms with van der Waals surface area (Å²) in [6.45, 7) is 1.61. The molecule has 31 heavy (non-hydrogen) atoms. The van der Waals surface area contributed by atoms with Gasteiger partial charge in [0, 0.05) is 26.3 Å². The molecule has 2 N–H and O–H groups in total. The van der Waals surface area contributed by atoms with Gasteiger partial charge in [0.15, 0.2) is 5.65 Å². The molecule has 0 aliphatic carbocycles. The summed E-state index contributed by atoms with van der Waals surface area (Å²) in [5.74, 6) is 0.791. The Balaban J connectivity index is 1.36. The average Bonchev–Trinajstić information content (AvgIpc) is 3.38. The molecule has 1 amide bonds. The average molecular weight is 420 g/mol. The number of carbonyl (C=O) groups excluding carboxylic acids is 1. The number of methoxy groups -OCH3 is 1. The Morgan fingerprint density at radius 3 is 2.81 bits per heavy atom. The summed E-state index contributed by atoms with van der Waals surface area (Å²) in [5, 5.41) is 15.6. The SMILES string of the molecule is COc1nn(C)cc1C(=O)NCCn1ncc2c(NCCc3ccccc3)ncnc21. The standard InChI is InChI=1S/C21H24N8O2/c1-28-13-17(21(27-28)31-2)20(30)23-10-11-29-19-16(12-26-29)18(24-14-25-19)22-9-8-15-6-4-3-5-7-15/h3-7,12-14H,8-11H2,1-2H3,(H,23,30)(H,22,24,25). The van der Waals surface area contributed by atoms with Gasteiger partial charge in [-0.3, -0.25) is 9.48 Å². The molecule has 0 saturated heterocycles. The van der Waals surface area contributed by atoms with Crippen LogP contribution in [0.1, 0.15) is 15.9 Å². The third-order valence-corrected chi connectivity index (χ3v) is 4.82. The van der Waals surface area contributed by atoms with E-state index in [4.69, 9.17) is 4.74 Å². The highest BCUT2D eigenvalue weighted by molar-refractivity contribution is 5.96. The molecular weight excluding hydrogens is 396 g/mol. The molecule has 0 aliphatic heterocycles. The summed E-state index contributed by atoms with van der Waals surface area (Å²) >= 11 is 0. The van der Waals surface area contributed by atoms with Gasteiger partial charge in [0.2, 0.25) is 5.88 Å². The van der Waals surface area contributed by atoms with Crippen LogP contribution < -0.4 is 15.4 Å². The molecule has 3 aromatic heterocycles. The van der Waals surface area contributed by atoms with Crippen molar-refractivity contribution < 1.29 is 9.53 Å². The van der Waals surface area contributed by atoms with Gasteiger partial charge in [-0.1, -0.05) is 30.3 Å². The van der Waals surface area contributed by atoms with Crippen molar-refractivity contribution in [3.63, 3.8) is 0 Å². The van der Waals surface area contributed by atoms with Gasteiger partial charge in [-0.25, -0.2) is 14.6 Å². The van der Waals surface area contributed by atoms with Crippen LogP contribution in [0.2, 0.25) is 0 Å². The van der Waals surface area contributed by atoms with Gasteiger partial charge in [-0.15, -0.1) is 5.10 Å². The first-order valence-corrected chi connectivity index (χ1v) is 9.96. The van der Waals surface area contributed by atoms with Gasteiger partial charge in [-0.05, 0) is 12.0 Å². The predicted octanol–water partition coefficient (Wildman–Crippen LogP) is 1.65. The van der Waals surface area contributed by atoms with E-state index >= 15 is 0 Å². The van der Waals surface area contributed by atoms with Gasteiger partial charge >= 0.3 is 0 Å². The first-order valence-electron chi connectivity index (χ1n) is 9.96. The third-order valence-electron chi connectivity index (χ3n) is 4.82. The third kappa shape index (κ3) is 4.63. The number of ether oxygens (including phenoxy) is 1.